The standard InChI is InChI=1S/C11H19N3O2S2/c1-8(2)6-13-11(12)14-7-9-4-5-10(17-9)18(3,15)16/h4-5,8H,6-7H2,1-3H3,(H3,12,13,14). The normalized spacial score (nSPS) is 13.0. The van der Waals surface area contributed by atoms with E-state index < -0.39 is 9.84 Å². The van der Waals surface area contributed by atoms with Gasteiger partial charge in [-0.3, -0.25) is 0 Å². The SMILES string of the molecule is CC(C)CNC(N)=NCc1ccc(S(C)(=O)=O)s1. The summed E-state index contributed by atoms with van der Waals surface area (Å²) < 4.78 is 23.0. The molecule has 0 aliphatic rings. The van der Waals surface area contributed by atoms with E-state index in [1.807, 2.05) is 0 Å². The van der Waals surface area contributed by atoms with Crippen LogP contribution in [0.1, 0.15) is 18.7 Å². The van der Waals surface area contributed by atoms with Crippen LogP contribution in [0.15, 0.2) is 21.3 Å². The molecule has 0 amide bonds. The van der Waals surface area contributed by atoms with Crippen LogP contribution in [0.5, 0.6) is 0 Å². The van der Waals surface area contributed by atoms with Gasteiger partial charge < -0.3 is 11.1 Å². The van der Waals surface area contributed by atoms with Crippen LogP contribution in [-0.4, -0.2) is 27.2 Å². The summed E-state index contributed by atoms with van der Waals surface area (Å²) in [6.07, 6.45) is 1.20. The minimum atomic E-state index is -3.12. The molecule has 0 spiro atoms. The summed E-state index contributed by atoms with van der Waals surface area (Å²) in [5.41, 5.74) is 5.69. The van der Waals surface area contributed by atoms with Crippen LogP contribution < -0.4 is 11.1 Å². The number of nitrogens with one attached hydrogen (secondary N) is 1. The van der Waals surface area contributed by atoms with Gasteiger partial charge in [-0.2, -0.15) is 0 Å². The first-order chi connectivity index (χ1) is 8.29. The number of nitrogens with zero attached hydrogens (tertiary/aromatic N) is 1. The molecule has 102 valence electrons. The Hall–Kier alpha value is -1.08. The fourth-order valence-electron chi connectivity index (χ4n) is 1.17. The van der Waals surface area contributed by atoms with Crippen molar-refractivity contribution < 1.29 is 8.42 Å². The molecule has 1 aromatic heterocycles. The Labute approximate surface area is 112 Å². The Morgan fingerprint density at radius 1 is 1.50 bits per heavy atom. The first-order valence-electron chi connectivity index (χ1n) is 5.61. The molecule has 0 saturated carbocycles. The molecule has 3 N–H and O–H groups in total. The monoisotopic (exact) mass is 289 g/mol. The lowest BCUT2D eigenvalue weighted by Crippen LogP contribution is -2.34. The number of rotatable bonds is 5. The molecular weight excluding hydrogens is 270 g/mol. The van der Waals surface area contributed by atoms with Gasteiger partial charge in [0.1, 0.15) is 4.21 Å². The zero-order chi connectivity index (χ0) is 13.8. The molecule has 0 aromatic carbocycles. The zero-order valence-electron chi connectivity index (χ0n) is 10.8. The minimum absolute atomic E-state index is 0.362. The Kier molecular flexibility index (Phi) is 5.15. The molecule has 0 radical (unpaired) electrons. The Morgan fingerprint density at radius 2 is 2.17 bits per heavy atom. The summed E-state index contributed by atoms with van der Waals surface area (Å²) in [5.74, 6) is 0.885. The highest BCUT2D eigenvalue weighted by atomic mass is 32.2. The average molecular weight is 289 g/mol. The Morgan fingerprint density at radius 3 is 2.67 bits per heavy atom. The lowest BCUT2D eigenvalue weighted by molar-refractivity contribution is 0.604. The van der Waals surface area contributed by atoms with E-state index in [4.69, 9.17) is 5.73 Å². The number of hydrogen-bond acceptors (Lipinski definition) is 4. The van der Waals surface area contributed by atoms with Crippen molar-refractivity contribution in [3.63, 3.8) is 0 Å². The lowest BCUT2D eigenvalue weighted by atomic mass is 10.2. The molecule has 0 aliphatic heterocycles. The van der Waals surface area contributed by atoms with Crippen LogP contribution in [0.25, 0.3) is 0 Å². The Balaban J connectivity index is 2.58. The highest BCUT2D eigenvalue weighted by molar-refractivity contribution is 7.92. The van der Waals surface area contributed by atoms with Gasteiger partial charge in [-0.25, -0.2) is 13.4 Å². The number of aliphatic imine (C=N–C) groups is 1. The van der Waals surface area contributed by atoms with Crippen LogP contribution in [-0.2, 0) is 16.4 Å². The molecule has 1 rings (SSSR count). The molecule has 5 nitrogen and oxygen atoms in total. The molecule has 7 heteroatoms. The first kappa shape index (κ1) is 15.0. The molecular formula is C11H19N3O2S2. The van der Waals surface area contributed by atoms with E-state index in [2.05, 4.69) is 24.2 Å². The van der Waals surface area contributed by atoms with Crippen LogP contribution in [0.2, 0.25) is 0 Å². The van der Waals surface area contributed by atoms with E-state index >= 15 is 0 Å². The van der Waals surface area contributed by atoms with Gasteiger partial charge >= 0.3 is 0 Å². The van der Waals surface area contributed by atoms with Gasteiger partial charge in [0.25, 0.3) is 0 Å². The second kappa shape index (κ2) is 6.19. The molecule has 0 fully saturated rings. The van der Waals surface area contributed by atoms with E-state index in [1.54, 1.807) is 12.1 Å². The number of nitrogens with two attached hydrogens (primary N) is 1. The smallest absolute Gasteiger partial charge is 0.188 e. The van der Waals surface area contributed by atoms with Crippen LogP contribution in [0.3, 0.4) is 0 Å². The maximum absolute atomic E-state index is 11.3. The summed E-state index contributed by atoms with van der Waals surface area (Å²) in [7, 11) is -3.12. The number of guanidine groups is 1. The van der Waals surface area contributed by atoms with Gasteiger partial charge in [-0.05, 0) is 18.1 Å². The fraction of sp³-hybridized carbons (Fsp3) is 0.545. The van der Waals surface area contributed by atoms with E-state index in [9.17, 15) is 8.42 Å². The number of sulfone groups is 1. The second-order valence-electron chi connectivity index (χ2n) is 4.47. The summed E-state index contributed by atoms with van der Waals surface area (Å²) in [4.78, 5) is 5.04. The van der Waals surface area contributed by atoms with Crippen molar-refractivity contribution in [3.05, 3.63) is 17.0 Å². The van der Waals surface area contributed by atoms with Gasteiger partial charge in [-0.1, -0.05) is 13.8 Å². The van der Waals surface area contributed by atoms with Crippen molar-refractivity contribution in [2.75, 3.05) is 12.8 Å². The third-order valence-corrected chi connectivity index (χ3v) is 4.99. The third-order valence-electron chi connectivity index (χ3n) is 2.10. The quantitative estimate of drug-likeness (QED) is 0.630. The lowest BCUT2D eigenvalue weighted by Gasteiger charge is -2.07. The number of hydrogen-bond donors (Lipinski definition) is 2. The fourth-order valence-corrected chi connectivity index (χ4v) is 3.07. The molecule has 18 heavy (non-hydrogen) atoms. The summed E-state index contributed by atoms with van der Waals surface area (Å²) in [6, 6.07) is 3.36. The van der Waals surface area contributed by atoms with Crippen molar-refractivity contribution in [3.8, 4) is 0 Å². The van der Waals surface area contributed by atoms with Crippen LogP contribution in [0.4, 0.5) is 0 Å². The highest BCUT2D eigenvalue weighted by Gasteiger charge is 2.10. The van der Waals surface area contributed by atoms with Crippen LogP contribution >= 0.6 is 11.3 Å². The molecule has 1 heterocycles. The molecule has 0 saturated heterocycles. The summed E-state index contributed by atoms with van der Waals surface area (Å²) in [5, 5.41) is 3.00. The molecule has 0 unspecified atom stereocenters. The van der Waals surface area contributed by atoms with E-state index in [0.717, 1.165) is 11.4 Å². The van der Waals surface area contributed by atoms with E-state index in [1.165, 1.54) is 17.6 Å². The van der Waals surface area contributed by atoms with E-state index in [0.29, 0.717) is 22.6 Å². The topological polar surface area (TPSA) is 84.5 Å². The Bertz CT molecular complexity index is 518. The van der Waals surface area contributed by atoms with E-state index in [-0.39, 0.29) is 0 Å². The van der Waals surface area contributed by atoms with Gasteiger partial charge in [0.05, 0.1) is 6.54 Å². The maximum Gasteiger partial charge on any atom is 0.188 e. The highest BCUT2D eigenvalue weighted by Crippen LogP contribution is 2.21. The van der Waals surface area contributed by atoms with Crippen molar-refractivity contribution in [2.45, 2.75) is 24.6 Å². The number of thiophene rings is 1. The van der Waals surface area contributed by atoms with Crippen molar-refractivity contribution in [2.24, 2.45) is 16.6 Å². The third kappa shape index (κ3) is 5.05. The minimum Gasteiger partial charge on any atom is -0.370 e. The van der Waals surface area contributed by atoms with Crippen molar-refractivity contribution in [1.82, 2.24) is 5.32 Å². The predicted octanol–water partition coefficient (Wildman–Crippen LogP) is 1.21. The summed E-state index contributed by atoms with van der Waals surface area (Å²) in [6.45, 7) is 5.33. The zero-order valence-corrected chi connectivity index (χ0v) is 12.4. The maximum atomic E-state index is 11.3. The average Bonchev–Trinajstić information content (AvgIpc) is 2.71. The predicted molar refractivity (Wildman–Crippen MR) is 75.6 cm³/mol. The molecule has 1 aromatic rings. The van der Waals surface area contributed by atoms with Gasteiger partial charge in [0.2, 0.25) is 0 Å². The van der Waals surface area contributed by atoms with Gasteiger partial charge in [0.15, 0.2) is 15.8 Å². The molecule has 0 atom stereocenters. The van der Waals surface area contributed by atoms with Crippen LogP contribution in [0, 0.1) is 5.92 Å². The van der Waals surface area contributed by atoms with Crippen molar-refractivity contribution >= 4 is 27.1 Å². The largest absolute Gasteiger partial charge is 0.370 e. The second-order valence-corrected chi connectivity index (χ2v) is 7.88. The van der Waals surface area contributed by atoms with Gasteiger partial charge in [0, 0.05) is 17.7 Å². The first-order valence-corrected chi connectivity index (χ1v) is 8.32. The van der Waals surface area contributed by atoms with Crippen molar-refractivity contribution in [1.29, 1.82) is 0 Å². The molecule has 0 aliphatic carbocycles. The van der Waals surface area contributed by atoms with Gasteiger partial charge in [-0.15, -0.1) is 11.3 Å². The molecule has 0 bridgehead atoms. The summed E-state index contributed by atoms with van der Waals surface area (Å²) >= 11 is 1.23.